The summed E-state index contributed by atoms with van der Waals surface area (Å²) in [5.74, 6) is -0.556. The van der Waals surface area contributed by atoms with Crippen LogP contribution in [0, 0.1) is 0 Å². The van der Waals surface area contributed by atoms with E-state index < -0.39 is 6.04 Å². The molecule has 0 spiro atoms. The zero-order chi connectivity index (χ0) is 12.7. The predicted molar refractivity (Wildman–Crippen MR) is 65.4 cm³/mol. The maximum atomic E-state index is 11.7. The molecule has 17 heavy (non-hydrogen) atoms. The van der Waals surface area contributed by atoms with Gasteiger partial charge in [0.2, 0.25) is 5.91 Å². The summed E-state index contributed by atoms with van der Waals surface area (Å²) >= 11 is 0. The van der Waals surface area contributed by atoms with Crippen LogP contribution in [0.5, 0.6) is 0 Å². The van der Waals surface area contributed by atoms with Crippen LogP contribution in [-0.4, -0.2) is 24.5 Å². The molecule has 1 N–H and O–H groups in total. The van der Waals surface area contributed by atoms with Gasteiger partial charge in [-0.25, -0.2) is 4.79 Å². The van der Waals surface area contributed by atoms with E-state index in [1.165, 1.54) is 0 Å². The summed E-state index contributed by atoms with van der Waals surface area (Å²) in [5.41, 5.74) is 0.557. The highest BCUT2D eigenvalue weighted by molar-refractivity contribution is 5.95. The third-order valence-corrected chi connectivity index (χ3v) is 2.92. The lowest BCUT2D eigenvalue weighted by Crippen LogP contribution is -2.42. The highest BCUT2D eigenvalue weighted by atomic mass is 16.5. The summed E-state index contributed by atoms with van der Waals surface area (Å²) in [6.07, 6.45) is 5.46. The largest absolute Gasteiger partial charge is 0.464 e. The number of amides is 1. The molecule has 0 radical (unpaired) electrons. The summed E-state index contributed by atoms with van der Waals surface area (Å²) < 4.78 is 4.95. The van der Waals surface area contributed by atoms with Crippen LogP contribution in [0.25, 0.3) is 0 Å². The molecule has 4 heteroatoms. The van der Waals surface area contributed by atoms with E-state index in [9.17, 15) is 9.59 Å². The normalized spacial score (nSPS) is 22.8. The lowest BCUT2D eigenvalue weighted by atomic mass is 10.0. The van der Waals surface area contributed by atoms with Crippen molar-refractivity contribution in [3.63, 3.8) is 0 Å². The van der Waals surface area contributed by atoms with Crippen LogP contribution in [0.1, 0.15) is 45.4 Å². The first-order valence-corrected chi connectivity index (χ1v) is 6.30. The molecule has 0 unspecified atom stereocenters. The number of carbonyl (C=O) groups excluding carboxylic acids is 2. The van der Waals surface area contributed by atoms with Gasteiger partial charge in [-0.15, -0.1) is 0 Å². The average molecular weight is 239 g/mol. The maximum Gasteiger partial charge on any atom is 0.328 e. The van der Waals surface area contributed by atoms with Crippen molar-refractivity contribution in [2.75, 3.05) is 6.61 Å². The van der Waals surface area contributed by atoms with E-state index in [0.717, 1.165) is 25.7 Å². The van der Waals surface area contributed by atoms with Crippen molar-refractivity contribution < 1.29 is 14.3 Å². The van der Waals surface area contributed by atoms with E-state index >= 15 is 0 Å². The number of carbonyl (C=O) groups is 2. The van der Waals surface area contributed by atoms with Gasteiger partial charge in [-0.3, -0.25) is 4.79 Å². The van der Waals surface area contributed by atoms with Crippen LogP contribution in [0.15, 0.2) is 12.2 Å². The highest BCUT2D eigenvalue weighted by Gasteiger charge is 2.23. The monoisotopic (exact) mass is 239 g/mol. The van der Waals surface area contributed by atoms with Crippen molar-refractivity contribution in [1.82, 2.24) is 5.32 Å². The Morgan fingerprint density at radius 1 is 1.41 bits per heavy atom. The summed E-state index contributed by atoms with van der Waals surface area (Å²) in [7, 11) is 0. The Balaban J connectivity index is 2.62. The topological polar surface area (TPSA) is 55.4 Å². The van der Waals surface area contributed by atoms with Gasteiger partial charge < -0.3 is 10.1 Å². The van der Waals surface area contributed by atoms with E-state index in [-0.39, 0.29) is 11.9 Å². The number of hydrogen-bond donors (Lipinski definition) is 1. The molecular formula is C13H21NO3. The van der Waals surface area contributed by atoms with Crippen molar-refractivity contribution >= 4 is 11.9 Å². The number of esters is 1. The summed E-state index contributed by atoms with van der Waals surface area (Å²) in [6, 6.07) is -0.516. The molecule has 1 aliphatic heterocycles. The molecule has 1 atom stereocenters. The molecule has 1 amide bonds. The molecule has 0 aromatic rings. The smallest absolute Gasteiger partial charge is 0.328 e. The first-order valence-electron chi connectivity index (χ1n) is 6.30. The van der Waals surface area contributed by atoms with E-state index in [1.54, 1.807) is 6.92 Å². The molecular weight excluding hydrogens is 218 g/mol. The number of ether oxygens (including phenoxy) is 1. The third kappa shape index (κ3) is 4.59. The van der Waals surface area contributed by atoms with Crippen molar-refractivity contribution in [2.45, 2.75) is 51.5 Å². The fourth-order valence-corrected chi connectivity index (χ4v) is 1.91. The first-order chi connectivity index (χ1) is 8.15. The van der Waals surface area contributed by atoms with E-state index in [0.29, 0.717) is 25.0 Å². The van der Waals surface area contributed by atoms with Gasteiger partial charge in [0, 0.05) is 5.57 Å². The predicted octanol–water partition coefficient (Wildman–Crippen LogP) is 1.94. The molecule has 96 valence electrons. The van der Waals surface area contributed by atoms with Gasteiger partial charge in [0.1, 0.15) is 6.04 Å². The molecule has 1 aliphatic rings. The second-order valence-electron chi connectivity index (χ2n) is 4.33. The van der Waals surface area contributed by atoms with Gasteiger partial charge in [0.05, 0.1) is 6.61 Å². The van der Waals surface area contributed by atoms with E-state index in [1.807, 2.05) is 0 Å². The van der Waals surface area contributed by atoms with E-state index in [2.05, 4.69) is 11.9 Å². The molecule has 0 aromatic carbocycles. The van der Waals surface area contributed by atoms with Crippen LogP contribution in [0.2, 0.25) is 0 Å². The molecule has 0 saturated carbocycles. The van der Waals surface area contributed by atoms with Crippen LogP contribution < -0.4 is 5.32 Å². The zero-order valence-electron chi connectivity index (χ0n) is 10.5. The minimum atomic E-state index is -0.516. The number of hydrogen-bond acceptors (Lipinski definition) is 3. The van der Waals surface area contributed by atoms with Gasteiger partial charge in [-0.05, 0) is 26.2 Å². The molecule has 0 bridgehead atoms. The Hall–Kier alpha value is -1.32. The lowest BCUT2D eigenvalue weighted by Gasteiger charge is -2.19. The summed E-state index contributed by atoms with van der Waals surface area (Å²) in [5, 5.41) is 2.71. The third-order valence-electron chi connectivity index (χ3n) is 2.92. The quantitative estimate of drug-likeness (QED) is 0.592. The fraction of sp³-hybridized carbons (Fsp3) is 0.692. The zero-order valence-corrected chi connectivity index (χ0v) is 10.5. The Morgan fingerprint density at radius 3 is 2.82 bits per heavy atom. The molecule has 1 rings (SSSR count). The second kappa shape index (κ2) is 7.09. The number of nitrogens with one attached hydrogen (secondary N) is 1. The molecule has 0 aromatic heterocycles. The first kappa shape index (κ1) is 13.7. The Kier molecular flexibility index (Phi) is 5.73. The molecule has 1 heterocycles. The molecule has 4 nitrogen and oxygen atoms in total. The minimum absolute atomic E-state index is 0.218. The lowest BCUT2D eigenvalue weighted by molar-refractivity contribution is -0.147. The second-order valence-corrected chi connectivity index (χ2v) is 4.33. The minimum Gasteiger partial charge on any atom is -0.464 e. The SMILES string of the molecule is C=C1CCCCCC[C@H](C(=O)OCC)NC1=O. The standard InChI is InChI=1S/C13H21NO3/c1-3-17-13(16)11-9-7-5-4-6-8-10(2)12(15)14-11/h11H,2-9H2,1H3,(H,14,15)/t11-/m1/s1. The summed E-state index contributed by atoms with van der Waals surface area (Å²) in [6.45, 7) is 5.85. The van der Waals surface area contributed by atoms with Crippen LogP contribution >= 0.6 is 0 Å². The van der Waals surface area contributed by atoms with Crippen molar-refractivity contribution in [3.05, 3.63) is 12.2 Å². The van der Waals surface area contributed by atoms with Gasteiger partial charge in [-0.1, -0.05) is 25.8 Å². The fourth-order valence-electron chi connectivity index (χ4n) is 1.91. The molecule has 1 fully saturated rings. The average Bonchev–Trinajstić information content (AvgIpc) is 2.31. The van der Waals surface area contributed by atoms with Gasteiger partial charge in [0.15, 0.2) is 0 Å². The Bertz CT molecular complexity index is 299. The van der Waals surface area contributed by atoms with Crippen LogP contribution in [0.4, 0.5) is 0 Å². The van der Waals surface area contributed by atoms with Gasteiger partial charge in [0.25, 0.3) is 0 Å². The molecule has 0 aliphatic carbocycles. The van der Waals surface area contributed by atoms with E-state index in [4.69, 9.17) is 4.74 Å². The Labute approximate surface area is 102 Å². The van der Waals surface area contributed by atoms with Gasteiger partial charge in [-0.2, -0.15) is 0 Å². The molecule has 1 saturated heterocycles. The maximum absolute atomic E-state index is 11.7. The van der Waals surface area contributed by atoms with Crippen molar-refractivity contribution in [1.29, 1.82) is 0 Å². The van der Waals surface area contributed by atoms with Crippen molar-refractivity contribution in [2.24, 2.45) is 0 Å². The summed E-state index contributed by atoms with van der Waals surface area (Å²) in [4.78, 5) is 23.4. The van der Waals surface area contributed by atoms with Crippen molar-refractivity contribution in [3.8, 4) is 0 Å². The highest BCUT2D eigenvalue weighted by Crippen LogP contribution is 2.14. The van der Waals surface area contributed by atoms with Crippen LogP contribution in [0.3, 0.4) is 0 Å². The number of rotatable bonds is 2. The van der Waals surface area contributed by atoms with Crippen LogP contribution in [-0.2, 0) is 14.3 Å². The Morgan fingerprint density at radius 2 is 2.12 bits per heavy atom. The van der Waals surface area contributed by atoms with Gasteiger partial charge >= 0.3 is 5.97 Å².